The van der Waals surface area contributed by atoms with E-state index >= 15 is 0 Å². The molecule has 1 aromatic carbocycles. The standard InChI is InChI=1S/C14H19Cl2NO3/c1-2-3-4-13(18)11(8-20-14(17)19)10-6-5-9(15)7-12(10)16/h5-7,11,13,18H,2-4,8H2,1H3,(H2,17,19)/t11-,13-/m1/s1. The number of nitrogens with two attached hydrogens (primary N) is 1. The molecule has 2 atom stereocenters. The molecule has 3 N–H and O–H groups in total. The molecule has 0 bridgehead atoms. The molecular formula is C14H19Cl2NO3. The lowest BCUT2D eigenvalue weighted by atomic mass is 9.91. The highest BCUT2D eigenvalue weighted by molar-refractivity contribution is 6.35. The molecule has 6 heteroatoms. The number of amides is 1. The van der Waals surface area contributed by atoms with Crippen LogP contribution < -0.4 is 5.73 Å². The van der Waals surface area contributed by atoms with Crippen LogP contribution in [0.15, 0.2) is 18.2 Å². The van der Waals surface area contributed by atoms with Crippen molar-refractivity contribution in [3.63, 3.8) is 0 Å². The lowest BCUT2D eigenvalue weighted by Crippen LogP contribution is -2.26. The fourth-order valence-electron chi connectivity index (χ4n) is 2.00. The van der Waals surface area contributed by atoms with E-state index < -0.39 is 18.1 Å². The Morgan fingerprint density at radius 1 is 1.45 bits per heavy atom. The van der Waals surface area contributed by atoms with Crippen molar-refractivity contribution in [3.8, 4) is 0 Å². The molecule has 0 aromatic heterocycles. The average Bonchev–Trinajstić information content (AvgIpc) is 2.38. The smallest absolute Gasteiger partial charge is 0.404 e. The molecule has 0 aliphatic rings. The molecule has 0 heterocycles. The van der Waals surface area contributed by atoms with Crippen molar-refractivity contribution >= 4 is 29.3 Å². The van der Waals surface area contributed by atoms with Gasteiger partial charge in [-0.05, 0) is 24.1 Å². The minimum atomic E-state index is -0.872. The predicted octanol–water partition coefficient (Wildman–Crippen LogP) is 3.72. The maximum atomic E-state index is 10.8. The van der Waals surface area contributed by atoms with Gasteiger partial charge in [0.25, 0.3) is 0 Å². The summed E-state index contributed by atoms with van der Waals surface area (Å²) in [6, 6.07) is 5.02. The molecule has 0 saturated heterocycles. The molecule has 0 unspecified atom stereocenters. The van der Waals surface area contributed by atoms with E-state index in [4.69, 9.17) is 33.7 Å². The van der Waals surface area contributed by atoms with Gasteiger partial charge in [0.15, 0.2) is 0 Å². The van der Waals surface area contributed by atoms with Crippen molar-refractivity contribution in [2.24, 2.45) is 5.73 Å². The van der Waals surface area contributed by atoms with Crippen LogP contribution in [0.4, 0.5) is 4.79 Å². The summed E-state index contributed by atoms with van der Waals surface area (Å²) in [5, 5.41) is 11.2. The Morgan fingerprint density at radius 2 is 2.15 bits per heavy atom. The first kappa shape index (κ1) is 17.1. The largest absolute Gasteiger partial charge is 0.449 e. The van der Waals surface area contributed by atoms with Gasteiger partial charge in [-0.1, -0.05) is 49.0 Å². The molecule has 0 fully saturated rings. The number of halogens is 2. The highest BCUT2D eigenvalue weighted by atomic mass is 35.5. The maximum absolute atomic E-state index is 10.8. The molecule has 4 nitrogen and oxygen atoms in total. The molecule has 1 amide bonds. The normalized spacial score (nSPS) is 13.8. The van der Waals surface area contributed by atoms with Crippen LogP contribution >= 0.6 is 23.2 Å². The van der Waals surface area contributed by atoms with Crippen molar-refractivity contribution in [3.05, 3.63) is 33.8 Å². The summed E-state index contributed by atoms with van der Waals surface area (Å²) in [6.07, 6.45) is 0.909. The Bertz CT molecular complexity index is 454. The summed E-state index contributed by atoms with van der Waals surface area (Å²) in [7, 11) is 0. The quantitative estimate of drug-likeness (QED) is 0.804. The fourth-order valence-corrected chi connectivity index (χ4v) is 2.55. The average molecular weight is 320 g/mol. The molecule has 0 aliphatic heterocycles. The molecule has 112 valence electrons. The second-order valence-corrected chi connectivity index (χ2v) is 5.46. The molecule has 0 saturated carbocycles. The van der Waals surface area contributed by atoms with Crippen molar-refractivity contribution in [2.75, 3.05) is 6.61 Å². The molecule has 1 aromatic rings. The van der Waals surface area contributed by atoms with Crippen LogP contribution in [0, 0.1) is 0 Å². The lowest BCUT2D eigenvalue weighted by molar-refractivity contribution is 0.0828. The maximum Gasteiger partial charge on any atom is 0.404 e. The van der Waals surface area contributed by atoms with Crippen LogP contribution in [0.2, 0.25) is 10.0 Å². The van der Waals surface area contributed by atoms with Gasteiger partial charge >= 0.3 is 6.09 Å². The van der Waals surface area contributed by atoms with E-state index in [-0.39, 0.29) is 6.61 Å². The molecular weight excluding hydrogens is 301 g/mol. The Labute approximate surface area is 128 Å². The number of hydrogen-bond donors (Lipinski definition) is 2. The first-order valence-corrected chi connectivity index (χ1v) is 7.26. The molecule has 20 heavy (non-hydrogen) atoms. The van der Waals surface area contributed by atoms with Gasteiger partial charge in [0.1, 0.15) is 6.61 Å². The van der Waals surface area contributed by atoms with Crippen molar-refractivity contribution in [2.45, 2.75) is 38.2 Å². The van der Waals surface area contributed by atoms with Crippen molar-refractivity contribution in [1.82, 2.24) is 0 Å². The van der Waals surface area contributed by atoms with Gasteiger partial charge in [0, 0.05) is 16.0 Å². The van der Waals surface area contributed by atoms with Crippen molar-refractivity contribution < 1.29 is 14.6 Å². The first-order valence-electron chi connectivity index (χ1n) is 6.51. The van der Waals surface area contributed by atoms with Gasteiger partial charge in [-0.2, -0.15) is 0 Å². The number of primary amides is 1. The zero-order valence-electron chi connectivity index (χ0n) is 11.3. The summed E-state index contributed by atoms with van der Waals surface area (Å²) >= 11 is 12.0. The van der Waals surface area contributed by atoms with E-state index in [9.17, 15) is 9.90 Å². The Morgan fingerprint density at radius 3 is 2.70 bits per heavy atom. The molecule has 0 spiro atoms. The van der Waals surface area contributed by atoms with Crippen LogP contribution in [0.1, 0.15) is 37.7 Å². The number of rotatable bonds is 7. The highest BCUT2D eigenvalue weighted by Crippen LogP contribution is 2.31. The van der Waals surface area contributed by atoms with Gasteiger partial charge in [-0.3, -0.25) is 0 Å². The number of carbonyl (C=O) groups is 1. The van der Waals surface area contributed by atoms with E-state index in [0.29, 0.717) is 22.0 Å². The van der Waals surface area contributed by atoms with E-state index in [2.05, 4.69) is 0 Å². The van der Waals surface area contributed by atoms with Gasteiger partial charge in [0.2, 0.25) is 0 Å². The summed E-state index contributed by atoms with van der Waals surface area (Å²) in [5.74, 6) is -0.418. The zero-order valence-corrected chi connectivity index (χ0v) is 12.8. The predicted molar refractivity (Wildman–Crippen MR) is 80.3 cm³/mol. The third-order valence-electron chi connectivity index (χ3n) is 3.09. The van der Waals surface area contributed by atoms with Crippen molar-refractivity contribution in [1.29, 1.82) is 0 Å². The zero-order chi connectivity index (χ0) is 15.1. The van der Waals surface area contributed by atoms with E-state index in [1.807, 2.05) is 6.92 Å². The second-order valence-electron chi connectivity index (χ2n) is 4.61. The summed E-state index contributed by atoms with van der Waals surface area (Å²) in [5.41, 5.74) is 5.68. The second kappa shape index (κ2) is 8.35. The minimum absolute atomic E-state index is 0.0123. The van der Waals surface area contributed by atoms with Crippen LogP contribution in [-0.4, -0.2) is 23.9 Å². The van der Waals surface area contributed by atoms with Crippen LogP contribution in [-0.2, 0) is 4.74 Å². The minimum Gasteiger partial charge on any atom is -0.449 e. The van der Waals surface area contributed by atoms with Gasteiger partial charge < -0.3 is 15.6 Å². The molecule has 1 rings (SSSR count). The Kier molecular flexibility index (Phi) is 7.13. The molecule has 0 radical (unpaired) electrons. The first-order chi connectivity index (χ1) is 9.45. The number of hydrogen-bond acceptors (Lipinski definition) is 3. The number of carbonyl (C=O) groups excluding carboxylic acids is 1. The summed E-state index contributed by atoms with van der Waals surface area (Å²) < 4.78 is 4.83. The molecule has 0 aliphatic carbocycles. The van der Waals surface area contributed by atoms with E-state index in [1.165, 1.54) is 0 Å². The third-order valence-corrected chi connectivity index (χ3v) is 3.65. The van der Waals surface area contributed by atoms with Crippen LogP contribution in [0.25, 0.3) is 0 Å². The SMILES string of the molecule is CCCC[C@@H](O)[C@H](COC(N)=O)c1ccc(Cl)cc1Cl. The fraction of sp³-hybridized carbons (Fsp3) is 0.500. The monoisotopic (exact) mass is 319 g/mol. The Balaban J connectivity index is 2.92. The van der Waals surface area contributed by atoms with E-state index in [0.717, 1.165) is 12.8 Å². The van der Waals surface area contributed by atoms with E-state index in [1.54, 1.807) is 18.2 Å². The number of unbranched alkanes of at least 4 members (excludes halogenated alkanes) is 1. The summed E-state index contributed by atoms with van der Waals surface area (Å²) in [4.78, 5) is 10.8. The van der Waals surface area contributed by atoms with Gasteiger partial charge in [-0.15, -0.1) is 0 Å². The number of aliphatic hydroxyl groups excluding tert-OH is 1. The number of benzene rings is 1. The van der Waals surface area contributed by atoms with Crippen LogP contribution in [0.5, 0.6) is 0 Å². The highest BCUT2D eigenvalue weighted by Gasteiger charge is 2.24. The lowest BCUT2D eigenvalue weighted by Gasteiger charge is -2.23. The third kappa shape index (κ3) is 5.19. The number of ether oxygens (including phenoxy) is 1. The summed E-state index contributed by atoms with van der Waals surface area (Å²) in [6.45, 7) is 2.03. The number of aliphatic hydroxyl groups is 1. The van der Waals surface area contributed by atoms with Gasteiger partial charge in [-0.25, -0.2) is 4.79 Å². The Hall–Kier alpha value is -0.970. The topological polar surface area (TPSA) is 72.6 Å². The van der Waals surface area contributed by atoms with Crippen LogP contribution in [0.3, 0.4) is 0 Å². The van der Waals surface area contributed by atoms with Gasteiger partial charge in [0.05, 0.1) is 6.10 Å².